The lowest BCUT2D eigenvalue weighted by Gasteiger charge is -2.31. The molecule has 0 radical (unpaired) electrons. The van der Waals surface area contributed by atoms with Gasteiger partial charge in [-0.1, -0.05) is 26.7 Å². The van der Waals surface area contributed by atoms with Crippen molar-refractivity contribution >= 4 is 5.91 Å². The highest BCUT2D eigenvalue weighted by molar-refractivity contribution is 5.79. The number of carbonyl (C=O) groups excluding carboxylic acids is 1. The Hall–Kier alpha value is -0.570. The van der Waals surface area contributed by atoms with Crippen LogP contribution in [-0.2, 0) is 4.79 Å². The van der Waals surface area contributed by atoms with Gasteiger partial charge in [0.15, 0.2) is 0 Å². The lowest BCUT2D eigenvalue weighted by molar-refractivity contribution is -0.127. The number of nitrogens with one attached hydrogen (secondary N) is 1. The predicted molar refractivity (Wildman–Crippen MR) is 71.6 cm³/mol. The van der Waals surface area contributed by atoms with Gasteiger partial charge in [-0.25, -0.2) is 0 Å². The highest BCUT2D eigenvalue weighted by atomic mass is 16.2. The van der Waals surface area contributed by atoms with Crippen molar-refractivity contribution in [3.8, 4) is 0 Å². The fraction of sp³-hybridized carbons (Fsp3) is 0.929. The number of hydrogen-bond donors (Lipinski definition) is 2. The van der Waals surface area contributed by atoms with Crippen molar-refractivity contribution < 1.29 is 4.79 Å². The molecule has 0 saturated heterocycles. The molecule has 0 aliphatic heterocycles. The molecule has 1 aliphatic carbocycles. The van der Waals surface area contributed by atoms with E-state index in [9.17, 15) is 4.79 Å². The van der Waals surface area contributed by atoms with Gasteiger partial charge in [0.2, 0.25) is 5.91 Å². The van der Waals surface area contributed by atoms with Crippen LogP contribution in [0.25, 0.3) is 0 Å². The number of hydrogen-bond acceptors (Lipinski definition) is 2. The number of carbonyl (C=O) groups is 1. The average molecular weight is 240 g/mol. The third-order valence-electron chi connectivity index (χ3n) is 4.08. The third kappa shape index (κ3) is 3.98. The van der Waals surface area contributed by atoms with E-state index in [1.165, 1.54) is 12.8 Å². The van der Waals surface area contributed by atoms with E-state index in [0.717, 1.165) is 25.7 Å². The van der Waals surface area contributed by atoms with Gasteiger partial charge in [-0.05, 0) is 38.5 Å². The molecular formula is C14H28N2O. The van der Waals surface area contributed by atoms with Crippen LogP contribution in [0, 0.1) is 11.8 Å². The third-order valence-corrected chi connectivity index (χ3v) is 4.08. The minimum Gasteiger partial charge on any atom is -0.349 e. The fourth-order valence-electron chi connectivity index (χ4n) is 2.39. The zero-order valence-corrected chi connectivity index (χ0v) is 11.6. The largest absolute Gasteiger partial charge is 0.349 e. The van der Waals surface area contributed by atoms with E-state index in [-0.39, 0.29) is 17.4 Å². The second-order valence-corrected chi connectivity index (χ2v) is 5.63. The first-order chi connectivity index (χ1) is 8.07. The Bertz CT molecular complexity index is 251. The molecule has 3 N–H and O–H groups in total. The summed E-state index contributed by atoms with van der Waals surface area (Å²) in [6, 6.07) is 0. The van der Waals surface area contributed by atoms with Crippen molar-refractivity contribution in [2.24, 2.45) is 17.6 Å². The molecule has 1 saturated carbocycles. The van der Waals surface area contributed by atoms with Gasteiger partial charge >= 0.3 is 0 Å². The zero-order chi connectivity index (χ0) is 12.9. The van der Waals surface area contributed by atoms with Gasteiger partial charge in [0.05, 0.1) is 5.54 Å². The van der Waals surface area contributed by atoms with Gasteiger partial charge in [0.25, 0.3) is 0 Å². The van der Waals surface area contributed by atoms with Crippen LogP contribution in [0.1, 0.15) is 59.3 Å². The van der Waals surface area contributed by atoms with Gasteiger partial charge in [0.1, 0.15) is 0 Å². The number of unbranched alkanes of at least 4 members (excludes halogenated alkanes) is 1. The lowest BCUT2D eigenvalue weighted by Crippen LogP contribution is -2.54. The van der Waals surface area contributed by atoms with E-state index in [1.807, 2.05) is 0 Å². The maximum Gasteiger partial charge on any atom is 0.223 e. The highest BCUT2D eigenvalue weighted by Gasteiger charge is 2.42. The minimum atomic E-state index is -0.170. The van der Waals surface area contributed by atoms with Gasteiger partial charge in [0, 0.05) is 12.5 Å². The van der Waals surface area contributed by atoms with Gasteiger partial charge in [-0.15, -0.1) is 0 Å². The number of amides is 1. The summed E-state index contributed by atoms with van der Waals surface area (Å²) in [7, 11) is 0. The molecule has 100 valence electrons. The SMILES string of the molecule is CCCCC(CC)C(=O)NC(C)(CN)C1CC1. The quantitative estimate of drug-likeness (QED) is 0.684. The van der Waals surface area contributed by atoms with Crippen LogP contribution in [0.4, 0.5) is 0 Å². The summed E-state index contributed by atoms with van der Waals surface area (Å²) >= 11 is 0. The van der Waals surface area contributed by atoms with Crippen molar-refractivity contribution in [1.82, 2.24) is 5.32 Å². The molecule has 3 heteroatoms. The van der Waals surface area contributed by atoms with Crippen molar-refractivity contribution in [2.75, 3.05) is 6.54 Å². The first-order valence-electron chi connectivity index (χ1n) is 7.09. The molecule has 0 aromatic rings. The first-order valence-corrected chi connectivity index (χ1v) is 7.09. The number of nitrogens with two attached hydrogens (primary N) is 1. The molecule has 1 aliphatic rings. The van der Waals surface area contributed by atoms with Gasteiger partial charge in [-0.2, -0.15) is 0 Å². The monoisotopic (exact) mass is 240 g/mol. The molecule has 1 amide bonds. The Kier molecular flexibility index (Phi) is 5.44. The summed E-state index contributed by atoms with van der Waals surface area (Å²) < 4.78 is 0. The van der Waals surface area contributed by atoms with Crippen LogP contribution in [0.15, 0.2) is 0 Å². The maximum atomic E-state index is 12.2. The summed E-state index contributed by atoms with van der Waals surface area (Å²) in [5.74, 6) is 0.973. The van der Waals surface area contributed by atoms with Gasteiger partial charge in [-0.3, -0.25) is 4.79 Å². The molecule has 0 heterocycles. The highest BCUT2D eigenvalue weighted by Crippen LogP contribution is 2.39. The fourth-order valence-corrected chi connectivity index (χ4v) is 2.39. The van der Waals surface area contributed by atoms with Crippen molar-refractivity contribution in [3.05, 3.63) is 0 Å². The summed E-state index contributed by atoms with van der Waals surface area (Å²) in [6.45, 7) is 6.90. The Morgan fingerprint density at radius 3 is 2.53 bits per heavy atom. The number of rotatable bonds is 8. The average Bonchev–Trinajstić information content (AvgIpc) is 3.14. The molecule has 1 rings (SSSR count). The van der Waals surface area contributed by atoms with E-state index < -0.39 is 0 Å². The standard InChI is InChI=1S/C14H28N2O/c1-4-6-7-11(5-2)13(17)16-14(3,10-15)12-8-9-12/h11-12H,4-10,15H2,1-3H3,(H,16,17). The Morgan fingerprint density at radius 2 is 2.12 bits per heavy atom. The van der Waals surface area contributed by atoms with Crippen LogP contribution in [-0.4, -0.2) is 18.0 Å². The topological polar surface area (TPSA) is 55.1 Å². The summed E-state index contributed by atoms with van der Waals surface area (Å²) in [5.41, 5.74) is 5.65. The molecule has 2 unspecified atom stereocenters. The summed E-state index contributed by atoms with van der Waals surface area (Å²) in [5, 5.41) is 3.20. The molecular weight excluding hydrogens is 212 g/mol. The van der Waals surface area contributed by atoms with E-state index in [4.69, 9.17) is 5.73 Å². The summed E-state index contributed by atoms with van der Waals surface area (Å²) in [6.07, 6.45) is 6.63. The summed E-state index contributed by atoms with van der Waals surface area (Å²) in [4.78, 5) is 12.2. The van der Waals surface area contributed by atoms with E-state index in [2.05, 4.69) is 26.1 Å². The minimum absolute atomic E-state index is 0.166. The normalized spacial score (nSPS) is 20.7. The Balaban J connectivity index is 2.49. The molecule has 1 fully saturated rings. The second-order valence-electron chi connectivity index (χ2n) is 5.63. The molecule has 0 aromatic carbocycles. The molecule has 0 aromatic heterocycles. The molecule has 0 spiro atoms. The first kappa shape index (κ1) is 14.5. The van der Waals surface area contributed by atoms with Crippen LogP contribution in [0.2, 0.25) is 0 Å². The Labute approximate surface area is 106 Å². The smallest absolute Gasteiger partial charge is 0.223 e. The van der Waals surface area contributed by atoms with E-state index in [0.29, 0.717) is 12.5 Å². The molecule has 0 bridgehead atoms. The van der Waals surface area contributed by atoms with E-state index in [1.54, 1.807) is 0 Å². The van der Waals surface area contributed by atoms with Crippen molar-refractivity contribution in [3.63, 3.8) is 0 Å². The van der Waals surface area contributed by atoms with Crippen molar-refractivity contribution in [2.45, 2.75) is 64.8 Å². The van der Waals surface area contributed by atoms with E-state index >= 15 is 0 Å². The molecule has 17 heavy (non-hydrogen) atoms. The van der Waals surface area contributed by atoms with Crippen LogP contribution < -0.4 is 11.1 Å². The van der Waals surface area contributed by atoms with Crippen molar-refractivity contribution in [1.29, 1.82) is 0 Å². The second kappa shape index (κ2) is 6.39. The lowest BCUT2D eigenvalue weighted by atomic mass is 9.92. The predicted octanol–water partition coefficient (Wildman–Crippen LogP) is 2.45. The maximum absolute atomic E-state index is 12.2. The molecule has 3 nitrogen and oxygen atoms in total. The zero-order valence-electron chi connectivity index (χ0n) is 11.6. The van der Waals surface area contributed by atoms with Crippen LogP contribution in [0.3, 0.4) is 0 Å². The van der Waals surface area contributed by atoms with Crippen LogP contribution >= 0.6 is 0 Å². The van der Waals surface area contributed by atoms with Gasteiger partial charge < -0.3 is 11.1 Å². The van der Waals surface area contributed by atoms with Crippen LogP contribution in [0.5, 0.6) is 0 Å². The Morgan fingerprint density at radius 1 is 1.47 bits per heavy atom. The molecule has 2 atom stereocenters.